The van der Waals surface area contributed by atoms with Crippen LogP contribution in [0.1, 0.15) is 57.3 Å². The summed E-state index contributed by atoms with van der Waals surface area (Å²) < 4.78 is 1.67. The summed E-state index contributed by atoms with van der Waals surface area (Å²) in [4.78, 5) is 27.9. The molecule has 1 N–H and O–H groups in total. The van der Waals surface area contributed by atoms with Crippen LogP contribution >= 0.6 is 0 Å². The first kappa shape index (κ1) is 26.4. The number of benzene rings is 3. The summed E-state index contributed by atoms with van der Waals surface area (Å²) in [6, 6.07) is 23.9. The smallest absolute Gasteiger partial charge is 0.170 e. The average molecular weight is 521 g/mol. The number of hydrogen-bond donors (Lipinski definition) is 1. The molecule has 2 heterocycles. The van der Waals surface area contributed by atoms with Gasteiger partial charge < -0.3 is 10.2 Å². The van der Waals surface area contributed by atoms with Crippen molar-refractivity contribution in [2.24, 2.45) is 13.0 Å². The van der Waals surface area contributed by atoms with E-state index in [1.165, 1.54) is 18.5 Å². The molecule has 0 spiro atoms. The number of piperidine rings is 1. The summed E-state index contributed by atoms with van der Waals surface area (Å²) in [6.07, 6.45) is 4.95. The lowest BCUT2D eigenvalue weighted by molar-refractivity contribution is 0.0984. The van der Waals surface area contributed by atoms with E-state index in [0.717, 1.165) is 52.8 Å². The number of Topliss-reactive ketones (excluding diaryl/α,β-unsaturated/α-hetero) is 2. The lowest BCUT2D eigenvalue weighted by Gasteiger charge is -2.32. The Morgan fingerprint density at radius 3 is 1.87 bits per heavy atom. The van der Waals surface area contributed by atoms with Crippen LogP contribution in [-0.4, -0.2) is 34.4 Å². The SMILES string of the molecule is Cc1nn(C)cc1C(=O)Cc1ccc(Nc2ccc(CC(=O)c3ccc(N4CCC(C)CC4)cc3)cc2)cc1. The van der Waals surface area contributed by atoms with Crippen molar-refractivity contribution in [2.75, 3.05) is 23.3 Å². The van der Waals surface area contributed by atoms with Gasteiger partial charge in [0.05, 0.1) is 11.3 Å². The highest BCUT2D eigenvalue weighted by molar-refractivity contribution is 5.98. The van der Waals surface area contributed by atoms with Gasteiger partial charge in [-0.3, -0.25) is 14.3 Å². The monoisotopic (exact) mass is 520 g/mol. The molecule has 39 heavy (non-hydrogen) atoms. The maximum atomic E-state index is 12.9. The molecule has 0 saturated carbocycles. The predicted molar refractivity (Wildman–Crippen MR) is 157 cm³/mol. The quantitative estimate of drug-likeness (QED) is 0.253. The van der Waals surface area contributed by atoms with E-state index in [9.17, 15) is 9.59 Å². The summed E-state index contributed by atoms with van der Waals surface area (Å²) in [5, 5.41) is 7.65. The van der Waals surface area contributed by atoms with Crippen molar-refractivity contribution in [2.45, 2.75) is 39.5 Å². The number of aryl methyl sites for hydroxylation is 2. The maximum absolute atomic E-state index is 12.9. The van der Waals surface area contributed by atoms with Gasteiger partial charge in [0.1, 0.15) is 0 Å². The molecule has 6 heteroatoms. The van der Waals surface area contributed by atoms with Crippen molar-refractivity contribution in [3.05, 3.63) is 107 Å². The number of carbonyl (C=O) groups excluding carboxylic acids is 2. The van der Waals surface area contributed by atoms with Gasteiger partial charge in [0.2, 0.25) is 0 Å². The Hall–Kier alpha value is -4.19. The van der Waals surface area contributed by atoms with E-state index in [1.807, 2.05) is 74.6 Å². The zero-order valence-corrected chi connectivity index (χ0v) is 23.0. The number of anilines is 3. The molecule has 200 valence electrons. The molecule has 0 bridgehead atoms. The topological polar surface area (TPSA) is 67.2 Å². The molecule has 3 aromatic carbocycles. The maximum Gasteiger partial charge on any atom is 0.170 e. The molecular formula is C33H36N4O2. The van der Waals surface area contributed by atoms with E-state index in [-0.39, 0.29) is 11.6 Å². The highest BCUT2D eigenvalue weighted by atomic mass is 16.1. The molecule has 0 radical (unpaired) electrons. The van der Waals surface area contributed by atoms with Gasteiger partial charge >= 0.3 is 0 Å². The van der Waals surface area contributed by atoms with Crippen molar-refractivity contribution in [3.8, 4) is 0 Å². The lowest BCUT2D eigenvalue weighted by Crippen LogP contribution is -2.32. The first-order chi connectivity index (χ1) is 18.8. The van der Waals surface area contributed by atoms with Crippen molar-refractivity contribution in [1.29, 1.82) is 0 Å². The highest BCUT2D eigenvalue weighted by Crippen LogP contribution is 2.24. The van der Waals surface area contributed by atoms with Crippen molar-refractivity contribution in [1.82, 2.24) is 9.78 Å². The fourth-order valence-electron chi connectivity index (χ4n) is 5.14. The van der Waals surface area contributed by atoms with E-state index >= 15 is 0 Å². The number of ketones is 2. The lowest BCUT2D eigenvalue weighted by atomic mass is 9.98. The third-order valence-corrected chi connectivity index (χ3v) is 7.58. The van der Waals surface area contributed by atoms with Gasteiger partial charge in [-0.1, -0.05) is 31.2 Å². The minimum atomic E-state index is 0.0686. The van der Waals surface area contributed by atoms with Gasteiger partial charge in [-0.05, 0) is 85.3 Å². The molecule has 4 aromatic rings. The standard InChI is InChI=1S/C33H36N4O2/c1-23-16-18-37(19-17-23)30-14-8-27(9-15-30)32(38)20-25-4-10-28(11-5-25)34-29-12-6-26(7-13-29)21-33(39)31-22-36(3)35-24(31)2/h4-15,22-23,34H,16-21H2,1-3H3. The Labute approximate surface area is 230 Å². The molecule has 0 amide bonds. The van der Waals surface area contributed by atoms with Gasteiger partial charge in [0, 0.05) is 61.8 Å². The minimum Gasteiger partial charge on any atom is -0.372 e. The molecule has 0 unspecified atom stereocenters. The van der Waals surface area contributed by atoms with Gasteiger partial charge in [0.25, 0.3) is 0 Å². The number of rotatable bonds is 9. The summed E-state index contributed by atoms with van der Waals surface area (Å²) >= 11 is 0. The Morgan fingerprint density at radius 2 is 1.36 bits per heavy atom. The third-order valence-electron chi connectivity index (χ3n) is 7.58. The van der Waals surface area contributed by atoms with Crippen LogP contribution in [0.5, 0.6) is 0 Å². The second kappa shape index (κ2) is 11.7. The fourth-order valence-corrected chi connectivity index (χ4v) is 5.14. The second-order valence-electron chi connectivity index (χ2n) is 10.7. The van der Waals surface area contributed by atoms with Crippen molar-refractivity contribution < 1.29 is 9.59 Å². The normalized spacial score (nSPS) is 13.9. The van der Waals surface area contributed by atoms with Crippen LogP contribution in [-0.2, 0) is 19.9 Å². The first-order valence-corrected chi connectivity index (χ1v) is 13.7. The van der Waals surface area contributed by atoms with Crippen LogP contribution in [0, 0.1) is 12.8 Å². The van der Waals surface area contributed by atoms with Crippen molar-refractivity contribution >= 4 is 28.6 Å². The van der Waals surface area contributed by atoms with Gasteiger partial charge in [-0.2, -0.15) is 5.10 Å². The predicted octanol–water partition coefficient (Wildman–Crippen LogP) is 6.56. The molecule has 0 aliphatic carbocycles. The molecule has 1 aliphatic rings. The first-order valence-electron chi connectivity index (χ1n) is 13.7. The number of nitrogens with one attached hydrogen (secondary N) is 1. The molecule has 6 nitrogen and oxygen atoms in total. The largest absolute Gasteiger partial charge is 0.372 e. The summed E-state index contributed by atoms with van der Waals surface area (Å²) in [5.74, 6) is 0.995. The molecule has 1 saturated heterocycles. The third kappa shape index (κ3) is 6.63. The number of hydrogen-bond acceptors (Lipinski definition) is 5. The highest BCUT2D eigenvalue weighted by Gasteiger charge is 2.17. The van der Waals surface area contributed by atoms with Crippen LogP contribution in [0.4, 0.5) is 17.1 Å². The molecule has 1 aliphatic heterocycles. The number of carbonyl (C=O) groups is 2. The van der Waals surface area contributed by atoms with E-state index in [2.05, 4.69) is 34.4 Å². The van der Waals surface area contributed by atoms with Crippen LogP contribution in [0.15, 0.2) is 79.0 Å². The van der Waals surface area contributed by atoms with Gasteiger partial charge in [-0.15, -0.1) is 0 Å². The Morgan fingerprint density at radius 1 is 0.821 bits per heavy atom. The van der Waals surface area contributed by atoms with Gasteiger partial charge in [0.15, 0.2) is 11.6 Å². The second-order valence-corrected chi connectivity index (χ2v) is 10.7. The minimum absolute atomic E-state index is 0.0686. The summed E-state index contributed by atoms with van der Waals surface area (Å²) in [7, 11) is 1.82. The van der Waals surface area contributed by atoms with Crippen LogP contribution < -0.4 is 10.2 Å². The Kier molecular flexibility index (Phi) is 7.92. The Balaban J connectivity index is 1.13. The molecule has 0 atom stereocenters. The molecule has 1 aromatic heterocycles. The zero-order chi connectivity index (χ0) is 27.4. The van der Waals surface area contributed by atoms with E-state index < -0.39 is 0 Å². The zero-order valence-electron chi connectivity index (χ0n) is 23.0. The summed E-state index contributed by atoms with van der Waals surface area (Å²) in [6.45, 7) is 6.35. The van der Waals surface area contributed by atoms with Crippen molar-refractivity contribution in [3.63, 3.8) is 0 Å². The van der Waals surface area contributed by atoms with Crippen LogP contribution in [0.25, 0.3) is 0 Å². The van der Waals surface area contributed by atoms with Crippen LogP contribution in [0.2, 0.25) is 0 Å². The van der Waals surface area contributed by atoms with Gasteiger partial charge in [-0.25, -0.2) is 0 Å². The van der Waals surface area contributed by atoms with E-state index in [4.69, 9.17) is 0 Å². The summed E-state index contributed by atoms with van der Waals surface area (Å²) in [5.41, 5.74) is 7.21. The fraction of sp³-hybridized carbons (Fsp3) is 0.303. The van der Waals surface area contributed by atoms with Crippen LogP contribution in [0.3, 0.4) is 0 Å². The number of nitrogens with zero attached hydrogens (tertiary/aromatic N) is 3. The van der Waals surface area contributed by atoms with E-state index in [0.29, 0.717) is 18.4 Å². The number of aromatic nitrogens is 2. The molecule has 5 rings (SSSR count). The Bertz CT molecular complexity index is 1430. The van der Waals surface area contributed by atoms with E-state index in [1.54, 1.807) is 10.9 Å². The molecule has 1 fully saturated rings. The average Bonchev–Trinajstić information content (AvgIpc) is 3.29. The molecular weight excluding hydrogens is 484 g/mol.